The van der Waals surface area contributed by atoms with Crippen LogP contribution in [-0.4, -0.2) is 25.2 Å². The van der Waals surface area contributed by atoms with Crippen LogP contribution in [0.1, 0.15) is 24.2 Å². The molecule has 0 saturated heterocycles. The van der Waals surface area contributed by atoms with Crippen molar-refractivity contribution in [2.45, 2.75) is 26.4 Å². The van der Waals surface area contributed by atoms with E-state index in [9.17, 15) is 9.18 Å². The van der Waals surface area contributed by atoms with Crippen molar-refractivity contribution in [3.8, 4) is 16.8 Å². The molecule has 0 aliphatic rings. The van der Waals surface area contributed by atoms with E-state index in [1.54, 1.807) is 23.0 Å². The number of halogens is 1. The second-order valence-corrected chi connectivity index (χ2v) is 8.28. The average Bonchev–Trinajstić information content (AvgIpc) is 3.48. The number of aryl methyl sites for hydroxylation is 1. The Balaban J connectivity index is 1.33. The van der Waals surface area contributed by atoms with E-state index in [1.807, 2.05) is 73.3 Å². The fourth-order valence-corrected chi connectivity index (χ4v) is 4.21. The van der Waals surface area contributed by atoms with Crippen molar-refractivity contribution in [1.82, 2.24) is 24.6 Å². The van der Waals surface area contributed by atoms with Crippen LogP contribution in [0.5, 0.6) is 0 Å². The Morgan fingerprint density at radius 2 is 1.74 bits per heavy atom. The van der Waals surface area contributed by atoms with Crippen LogP contribution >= 0.6 is 0 Å². The number of carbonyl (C=O) groups excluding carboxylic acids is 1. The zero-order chi connectivity index (χ0) is 23.7. The third kappa shape index (κ3) is 4.20. The first-order valence-corrected chi connectivity index (χ1v) is 11.1. The van der Waals surface area contributed by atoms with Crippen molar-refractivity contribution < 1.29 is 9.18 Å². The molecule has 170 valence electrons. The van der Waals surface area contributed by atoms with Crippen LogP contribution in [0.15, 0.2) is 85.3 Å². The zero-order valence-corrected chi connectivity index (χ0v) is 18.9. The average molecular weight is 454 g/mol. The van der Waals surface area contributed by atoms with Crippen molar-refractivity contribution in [3.05, 3.63) is 102 Å². The fraction of sp³-hybridized carbons (Fsp3) is 0.148. The molecule has 5 aromatic rings. The van der Waals surface area contributed by atoms with Crippen LogP contribution in [0.2, 0.25) is 0 Å². The lowest BCUT2D eigenvalue weighted by Gasteiger charge is -2.15. The molecule has 2 aromatic carbocycles. The van der Waals surface area contributed by atoms with Gasteiger partial charge in [0, 0.05) is 29.7 Å². The normalized spacial score (nSPS) is 12.1. The first-order chi connectivity index (χ1) is 16.5. The molecule has 0 aliphatic carbocycles. The van der Waals surface area contributed by atoms with E-state index in [0.29, 0.717) is 5.65 Å². The van der Waals surface area contributed by atoms with Crippen molar-refractivity contribution >= 4 is 16.9 Å². The predicted molar refractivity (Wildman–Crippen MR) is 130 cm³/mol. The van der Waals surface area contributed by atoms with Crippen LogP contribution in [0.25, 0.3) is 27.8 Å². The number of pyridine rings is 1. The van der Waals surface area contributed by atoms with Gasteiger partial charge in [-0.2, -0.15) is 5.10 Å². The number of rotatable bonds is 6. The van der Waals surface area contributed by atoms with Gasteiger partial charge in [0.25, 0.3) is 0 Å². The number of carbonyl (C=O) groups is 1. The van der Waals surface area contributed by atoms with E-state index in [2.05, 4.69) is 15.4 Å². The minimum atomic E-state index is -0.286. The summed E-state index contributed by atoms with van der Waals surface area (Å²) in [6.45, 7) is 3.90. The first kappa shape index (κ1) is 21.6. The number of nitrogens with zero attached hydrogens (tertiary/aromatic N) is 4. The lowest BCUT2D eigenvalue weighted by Crippen LogP contribution is -2.30. The Bertz CT molecular complexity index is 1440. The highest BCUT2D eigenvalue weighted by Gasteiger charge is 2.17. The van der Waals surface area contributed by atoms with Crippen molar-refractivity contribution in [1.29, 1.82) is 0 Å². The van der Waals surface area contributed by atoms with Gasteiger partial charge in [0.2, 0.25) is 5.91 Å². The highest BCUT2D eigenvalue weighted by molar-refractivity contribution is 5.95. The van der Waals surface area contributed by atoms with Crippen molar-refractivity contribution in [2.75, 3.05) is 0 Å². The van der Waals surface area contributed by atoms with E-state index in [-0.39, 0.29) is 24.3 Å². The van der Waals surface area contributed by atoms with E-state index in [4.69, 9.17) is 0 Å². The number of benzene rings is 2. The molecule has 0 bridgehead atoms. The highest BCUT2D eigenvalue weighted by Crippen LogP contribution is 2.30. The highest BCUT2D eigenvalue weighted by atomic mass is 19.1. The van der Waals surface area contributed by atoms with Crippen LogP contribution in [0.3, 0.4) is 0 Å². The van der Waals surface area contributed by atoms with Crippen LogP contribution in [0.4, 0.5) is 4.39 Å². The topological polar surface area (TPSA) is 64.7 Å². The maximum atomic E-state index is 13.4. The third-order valence-corrected chi connectivity index (χ3v) is 5.93. The van der Waals surface area contributed by atoms with E-state index in [1.165, 1.54) is 12.1 Å². The van der Waals surface area contributed by atoms with Gasteiger partial charge < -0.3 is 9.88 Å². The number of hydrogen-bond donors (Lipinski definition) is 1. The van der Waals surface area contributed by atoms with Crippen LogP contribution in [0, 0.1) is 12.7 Å². The number of fused-ring (bicyclic) bond motifs is 1. The predicted octanol–water partition coefficient (Wildman–Crippen LogP) is 5.21. The Labute approximate surface area is 196 Å². The Hall–Kier alpha value is -4.26. The van der Waals surface area contributed by atoms with Gasteiger partial charge >= 0.3 is 0 Å². The molecule has 1 atom stereocenters. The zero-order valence-electron chi connectivity index (χ0n) is 18.9. The first-order valence-electron chi connectivity index (χ1n) is 11.1. The van der Waals surface area contributed by atoms with Crippen molar-refractivity contribution in [2.24, 2.45) is 0 Å². The van der Waals surface area contributed by atoms with Gasteiger partial charge in [-0.15, -0.1) is 0 Å². The summed E-state index contributed by atoms with van der Waals surface area (Å²) in [7, 11) is 0. The molecule has 6 nitrogen and oxygen atoms in total. The lowest BCUT2D eigenvalue weighted by atomic mass is 10.0. The second-order valence-electron chi connectivity index (χ2n) is 8.28. The molecule has 34 heavy (non-hydrogen) atoms. The maximum Gasteiger partial charge on any atom is 0.242 e. The summed E-state index contributed by atoms with van der Waals surface area (Å²) in [5.74, 6) is -0.438. The monoisotopic (exact) mass is 453 g/mol. The lowest BCUT2D eigenvalue weighted by molar-refractivity contribution is -0.122. The minimum Gasteiger partial charge on any atom is -0.348 e. The molecular formula is C27H24FN5O. The summed E-state index contributed by atoms with van der Waals surface area (Å²) in [6.07, 6.45) is 5.67. The molecule has 0 spiro atoms. The van der Waals surface area contributed by atoms with Crippen molar-refractivity contribution in [3.63, 3.8) is 0 Å². The SMILES string of the molecule is Cc1nn(CC(=O)NC(C)c2ccc(-n3cccc3)cc2)c2nccc(-c3ccc(F)cc3)c12. The van der Waals surface area contributed by atoms with Gasteiger partial charge in [-0.1, -0.05) is 24.3 Å². The fourth-order valence-electron chi connectivity index (χ4n) is 4.21. The van der Waals surface area contributed by atoms with E-state index in [0.717, 1.165) is 33.5 Å². The largest absolute Gasteiger partial charge is 0.348 e. The number of hydrogen-bond acceptors (Lipinski definition) is 3. The molecule has 1 unspecified atom stereocenters. The summed E-state index contributed by atoms with van der Waals surface area (Å²) >= 11 is 0. The quantitative estimate of drug-likeness (QED) is 0.384. The molecule has 5 rings (SSSR count). The van der Waals surface area contributed by atoms with Gasteiger partial charge in [0.1, 0.15) is 12.4 Å². The van der Waals surface area contributed by atoms with E-state index < -0.39 is 0 Å². The molecule has 0 saturated carbocycles. The maximum absolute atomic E-state index is 13.4. The molecule has 0 fully saturated rings. The molecule has 0 radical (unpaired) electrons. The summed E-state index contributed by atoms with van der Waals surface area (Å²) in [5.41, 5.74) is 5.25. The summed E-state index contributed by atoms with van der Waals surface area (Å²) < 4.78 is 17.0. The van der Waals surface area contributed by atoms with Gasteiger partial charge in [0.15, 0.2) is 5.65 Å². The molecule has 1 N–H and O–H groups in total. The number of nitrogens with one attached hydrogen (secondary N) is 1. The molecule has 3 aromatic heterocycles. The Morgan fingerprint density at radius 1 is 1.03 bits per heavy atom. The Kier molecular flexibility index (Phi) is 5.67. The van der Waals surface area contributed by atoms with Gasteiger partial charge in [-0.3, -0.25) is 4.79 Å². The molecule has 0 aliphatic heterocycles. The number of amides is 1. The minimum absolute atomic E-state index is 0.0516. The smallest absolute Gasteiger partial charge is 0.242 e. The third-order valence-electron chi connectivity index (χ3n) is 5.93. The summed E-state index contributed by atoms with van der Waals surface area (Å²) in [5, 5.41) is 8.48. The second kappa shape index (κ2) is 8.94. The molecule has 1 amide bonds. The summed E-state index contributed by atoms with van der Waals surface area (Å²) in [6, 6.07) is 20.1. The van der Waals surface area contributed by atoms with Gasteiger partial charge in [-0.25, -0.2) is 14.1 Å². The molecule has 7 heteroatoms. The molecule has 3 heterocycles. The van der Waals surface area contributed by atoms with Crippen LogP contribution in [-0.2, 0) is 11.3 Å². The Morgan fingerprint density at radius 3 is 2.44 bits per heavy atom. The van der Waals surface area contributed by atoms with Gasteiger partial charge in [-0.05, 0) is 73.0 Å². The van der Waals surface area contributed by atoms with E-state index >= 15 is 0 Å². The molecular weight excluding hydrogens is 429 g/mol. The summed E-state index contributed by atoms with van der Waals surface area (Å²) in [4.78, 5) is 17.3. The van der Waals surface area contributed by atoms with Crippen LogP contribution < -0.4 is 5.32 Å². The number of aromatic nitrogens is 4. The standard InChI is InChI=1S/C27H24FN5O/c1-18(20-7-11-23(12-8-20)32-15-3-4-16-32)30-25(34)17-33-27-26(19(2)31-33)24(13-14-29-27)21-5-9-22(28)10-6-21/h3-16,18H,17H2,1-2H3,(H,30,34). The van der Waals surface area contributed by atoms with Gasteiger partial charge in [0.05, 0.1) is 11.7 Å².